The third kappa shape index (κ3) is 3.55. The van der Waals surface area contributed by atoms with E-state index in [4.69, 9.17) is 0 Å². The Morgan fingerprint density at radius 3 is 2.67 bits per heavy atom. The van der Waals surface area contributed by atoms with Gasteiger partial charge in [-0.3, -0.25) is 0 Å². The van der Waals surface area contributed by atoms with Gasteiger partial charge >= 0.3 is 0 Å². The van der Waals surface area contributed by atoms with Crippen molar-refractivity contribution in [1.82, 2.24) is 5.32 Å². The van der Waals surface area contributed by atoms with Crippen molar-refractivity contribution in [2.45, 2.75) is 51.6 Å². The molecule has 0 aliphatic heterocycles. The molecular weight excluding hydrogens is 293 g/mol. The van der Waals surface area contributed by atoms with Crippen LogP contribution in [0.4, 0.5) is 4.39 Å². The molecule has 1 aliphatic carbocycles. The van der Waals surface area contributed by atoms with E-state index in [0.29, 0.717) is 10.5 Å². The van der Waals surface area contributed by atoms with Crippen LogP contribution in [0.1, 0.15) is 44.6 Å². The lowest BCUT2D eigenvalue weighted by atomic mass is 9.84. The Morgan fingerprint density at radius 1 is 1.28 bits per heavy atom. The summed E-state index contributed by atoms with van der Waals surface area (Å²) in [5.41, 5.74) is 1.01. The molecule has 0 aromatic heterocycles. The van der Waals surface area contributed by atoms with Crippen molar-refractivity contribution >= 4 is 15.9 Å². The van der Waals surface area contributed by atoms with E-state index in [9.17, 15) is 4.39 Å². The van der Waals surface area contributed by atoms with Crippen LogP contribution in [-0.4, -0.2) is 6.04 Å². The van der Waals surface area contributed by atoms with Crippen molar-refractivity contribution in [3.8, 4) is 0 Å². The molecule has 1 fully saturated rings. The fourth-order valence-corrected chi connectivity index (χ4v) is 3.12. The zero-order valence-corrected chi connectivity index (χ0v) is 12.5. The number of benzene rings is 1. The van der Waals surface area contributed by atoms with Gasteiger partial charge < -0.3 is 5.32 Å². The summed E-state index contributed by atoms with van der Waals surface area (Å²) in [5.74, 6) is 0.743. The second-order valence-electron chi connectivity index (χ2n) is 5.22. The van der Waals surface area contributed by atoms with E-state index < -0.39 is 0 Å². The molecule has 0 atom stereocenters. The molecule has 18 heavy (non-hydrogen) atoms. The van der Waals surface area contributed by atoms with E-state index in [1.165, 1.54) is 38.2 Å². The lowest BCUT2D eigenvalue weighted by Crippen LogP contribution is -2.32. The average molecular weight is 314 g/mol. The number of nitrogens with one attached hydrogen (secondary N) is 1. The first-order valence-corrected chi connectivity index (χ1v) is 7.66. The summed E-state index contributed by atoms with van der Waals surface area (Å²) in [6.45, 7) is 3.03. The Hall–Kier alpha value is -0.410. The lowest BCUT2D eigenvalue weighted by molar-refractivity contribution is 0.285. The van der Waals surface area contributed by atoms with E-state index in [2.05, 4.69) is 28.2 Å². The van der Waals surface area contributed by atoms with Crippen LogP contribution in [0.25, 0.3) is 0 Å². The van der Waals surface area contributed by atoms with Gasteiger partial charge in [0.1, 0.15) is 5.82 Å². The summed E-state index contributed by atoms with van der Waals surface area (Å²) >= 11 is 3.31. The van der Waals surface area contributed by atoms with E-state index in [1.807, 2.05) is 6.07 Å². The molecule has 0 spiro atoms. The second-order valence-corrected chi connectivity index (χ2v) is 6.01. The first-order chi connectivity index (χ1) is 8.70. The summed E-state index contributed by atoms with van der Waals surface area (Å²) in [6.07, 6.45) is 6.48. The molecule has 2 rings (SSSR count). The topological polar surface area (TPSA) is 12.0 Å². The number of halogens is 2. The van der Waals surface area contributed by atoms with Gasteiger partial charge in [0.25, 0.3) is 0 Å². The molecule has 0 amide bonds. The minimum Gasteiger partial charge on any atom is -0.310 e. The van der Waals surface area contributed by atoms with Crippen LogP contribution in [0, 0.1) is 11.7 Å². The Labute approximate surface area is 117 Å². The van der Waals surface area contributed by atoms with E-state index in [1.54, 1.807) is 6.07 Å². The predicted molar refractivity (Wildman–Crippen MR) is 77.0 cm³/mol. The molecule has 1 aromatic carbocycles. The van der Waals surface area contributed by atoms with Gasteiger partial charge in [-0.25, -0.2) is 4.39 Å². The largest absolute Gasteiger partial charge is 0.310 e. The molecule has 3 heteroatoms. The fourth-order valence-electron chi connectivity index (χ4n) is 2.71. The maximum absolute atomic E-state index is 13.4. The summed E-state index contributed by atoms with van der Waals surface area (Å²) in [4.78, 5) is 0. The Morgan fingerprint density at radius 2 is 2.00 bits per heavy atom. The van der Waals surface area contributed by atoms with E-state index in [0.717, 1.165) is 18.0 Å². The molecule has 1 N–H and O–H groups in total. The van der Waals surface area contributed by atoms with Crippen molar-refractivity contribution < 1.29 is 4.39 Å². The Kier molecular flexibility index (Phi) is 5.19. The number of hydrogen-bond donors (Lipinski definition) is 1. The highest BCUT2D eigenvalue weighted by molar-refractivity contribution is 9.10. The van der Waals surface area contributed by atoms with Gasteiger partial charge in [-0.05, 0) is 59.2 Å². The van der Waals surface area contributed by atoms with Crippen LogP contribution in [-0.2, 0) is 6.54 Å². The molecule has 1 saturated carbocycles. The number of rotatable bonds is 4. The van der Waals surface area contributed by atoms with E-state index >= 15 is 0 Å². The van der Waals surface area contributed by atoms with Gasteiger partial charge in [0.15, 0.2) is 0 Å². The smallest absolute Gasteiger partial charge is 0.137 e. The van der Waals surface area contributed by atoms with E-state index in [-0.39, 0.29) is 5.82 Å². The Bertz CT molecular complexity index is 386. The molecule has 1 nitrogen and oxygen atoms in total. The molecule has 0 saturated heterocycles. The second kappa shape index (κ2) is 6.67. The third-order valence-electron chi connectivity index (χ3n) is 4.04. The first kappa shape index (κ1) is 14.0. The highest BCUT2D eigenvalue weighted by Gasteiger charge is 2.19. The maximum atomic E-state index is 13.4. The van der Waals surface area contributed by atoms with Gasteiger partial charge in [0.2, 0.25) is 0 Å². The van der Waals surface area contributed by atoms with Gasteiger partial charge in [-0.1, -0.05) is 25.5 Å². The normalized spacial score (nSPS) is 24.2. The van der Waals surface area contributed by atoms with Crippen LogP contribution >= 0.6 is 15.9 Å². The van der Waals surface area contributed by atoms with Gasteiger partial charge in [-0.15, -0.1) is 0 Å². The molecule has 1 aliphatic rings. The van der Waals surface area contributed by atoms with Crippen molar-refractivity contribution in [1.29, 1.82) is 0 Å². The number of hydrogen-bond acceptors (Lipinski definition) is 1. The molecule has 100 valence electrons. The summed E-state index contributed by atoms with van der Waals surface area (Å²) in [6, 6.07) is 5.83. The SMILES string of the molecule is CCC1CCC(NCc2cccc(F)c2Br)CC1. The maximum Gasteiger partial charge on any atom is 0.137 e. The zero-order valence-electron chi connectivity index (χ0n) is 10.9. The minimum absolute atomic E-state index is 0.177. The van der Waals surface area contributed by atoms with Crippen LogP contribution < -0.4 is 5.32 Å². The van der Waals surface area contributed by atoms with Crippen LogP contribution in [0.3, 0.4) is 0 Å². The third-order valence-corrected chi connectivity index (χ3v) is 4.92. The van der Waals surface area contributed by atoms with Crippen molar-refractivity contribution in [3.05, 3.63) is 34.1 Å². The lowest BCUT2D eigenvalue weighted by Gasteiger charge is -2.28. The summed E-state index contributed by atoms with van der Waals surface area (Å²) in [5, 5.41) is 3.55. The highest BCUT2D eigenvalue weighted by atomic mass is 79.9. The average Bonchev–Trinajstić information content (AvgIpc) is 2.41. The van der Waals surface area contributed by atoms with Gasteiger partial charge in [0.05, 0.1) is 4.47 Å². The minimum atomic E-state index is -0.177. The molecule has 0 unspecified atom stereocenters. The first-order valence-electron chi connectivity index (χ1n) is 6.87. The highest BCUT2D eigenvalue weighted by Crippen LogP contribution is 2.27. The molecular formula is C15H21BrFN. The molecule has 0 heterocycles. The quantitative estimate of drug-likeness (QED) is 0.853. The molecule has 1 aromatic rings. The van der Waals surface area contributed by atoms with Crippen molar-refractivity contribution in [2.75, 3.05) is 0 Å². The fraction of sp³-hybridized carbons (Fsp3) is 0.600. The van der Waals surface area contributed by atoms with Gasteiger partial charge in [-0.2, -0.15) is 0 Å². The Balaban J connectivity index is 1.83. The summed E-state index contributed by atoms with van der Waals surface area (Å²) in [7, 11) is 0. The molecule has 0 radical (unpaired) electrons. The monoisotopic (exact) mass is 313 g/mol. The van der Waals surface area contributed by atoms with Crippen LogP contribution in [0.2, 0.25) is 0 Å². The molecule has 0 bridgehead atoms. The van der Waals surface area contributed by atoms with Crippen molar-refractivity contribution in [2.24, 2.45) is 5.92 Å². The van der Waals surface area contributed by atoms with Crippen molar-refractivity contribution in [3.63, 3.8) is 0 Å². The van der Waals surface area contributed by atoms with Gasteiger partial charge in [0, 0.05) is 12.6 Å². The van der Waals surface area contributed by atoms with Crippen LogP contribution in [0.5, 0.6) is 0 Å². The predicted octanol–water partition coefficient (Wildman–Crippen LogP) is 4.65. The standard InChI is InChI=1S/C15H21BrFN/c1-2-11-6-8-13(9-7-11)18-10-12-4-3-5-14(17)15(12)16/h3-5,11,13,18H,2,6-10H2,1H3. The van der Waals surface area contributed by atoms with Crippen LogP contribution in [0.15, 0.2) is 22.7 Å². The zero-order chi connectivity index (χ0) is 13.0. The summed E-state index contributed by atoms with van der Waals surface area (Å²) < 4.78 is 14.0.